The fourth-order valence-electron chi connectivity index (χ4n) is 3.30. The highest BCUT2D eigenvalue weighted by atomic mass is 16.5. The maximum Gasteiger partial charge on any atom is 0.0887 e. The standard InChI is InChI=1S/C19H24N2O2/c1-5-23-11-16-14(10-19(3,4)22)17-13-8-6-7-9-15(13)20-12(2)18(17)21-16/h6-9,14,22H,5,10-11H2,1-4H3. The van der Waals surface area contributed by atoms with Gasteiger partial charge in [-0.1, -0.05) is 18.2 Å². The van der Waals surface area contributed by atoms with Crippen molar-refractivity contribution >= 4 is 22.3 Å². The van der Waals surface area contributed by atoms with Gasteiger partial charge in [0.25, 0.3) is 0 Å². The molecule has 0 fully saturated rings. The Hall–Kier alpha value is -1.78. The van der Waals surface area contributed by atoms with E-state index >= 15 is 0 Å². The molecule has 122 valence electrons. The molecule has 0 aliphatic carbocycles. The molecule has 4 nitrogen and oxygen atoms in total. The van der Waals surface area contributed by atoms with E-state index in [0.29, 0.717) is 19.6 Å². The number of hydrogen-bond donors (Lipinski definition) is 1. The minimum absolute atomic E-state index is 0.0724. The Labute approximate surface area is 137 Å². The summed E-state index contributed by atoms with van der Waals surface area (Å²) in [5, 5.41) is 11.5. The third-order valence-electron chi connectivity index (χ3n) is 4.24. The van der Waals surface area contributed by atoms with Crippen molar-refractivity contribution in [1.82, 2.24) is 4.98 Å². The normalized spacial score (nSPS) is 17.4. The van der Waals surface area contributed by atoms with Crippen LogP contribution in [0.4, 0.5) is 5.69 Å². The Morgan fingerprint density at radius 3 is 2.70 bits per heavy atom. The molecule has 1 aromatic heterocycles. The topological polar surface area (TPSA) is 54.7 Å². The summed E-state index contributed by atoms with van der Waals surface area (Å²) >= 11 is 0. The summed E-state index contributed by atoms with van der Waals surface area (Å²) < 4.78 is 5.61. The van der Waals surface area contributed by atoms with E-state index in [1.54, 1.807) is 0 Å². The first-order chi connectivity index (χ1) is 10.9. The highest BCUT2D eigenvalue weighted by Gasteiger charge is 2.34. The van der Waals surface area contributed by atoms with E-state index in [9.17, 15) is 5.11 Å². The van der Waals surface area contributed by atoms with E-state index in [-0.39, 0.29) is 5.92 Å². The predicted molar refractivity (Wildman–Crippen MR) is 93.7 cm³/mol. The van der Waals surface area contributed by atoms with Gasteiger partial charge in [-0.05, 0) is 45.7 Å². The molecule has 1 unspecified atom stereocenters. The predicted octanol–water partition coefficient (Wildman–Crippen LogP) is 3.91. The van der Waals surface area contributed by atoms with Crippen LogP contribution in [0.3, 0.4) is 0 Å². The summed E-state index contributed by atoms with van der Waals surface area (Å²) in [5.74, 6) is 0.0724. The quantitative estimate of drug-likeness (QED) is 0.910. The first kappa shape index (κ1) is 16.1. The maximum atomic E-state index is 10.4. The lowest BCUT2D eigenvalue weighted by Gasteiger charge is -2.24. The molecule has 0 spiro atoms. The van der Waals surface area contributed by atoms with Crippen molar-refractivity contribution in [3.8, 4) is 0 Å². The Bertz CT molecular complexity index is 760. The molecule has 2 aromatic rings. The number of aliphatic imine (C=N–C) groups is 1. The van der Waals surface area contributed by atoms with Gasteiger partial charge in [-0.3, -0.25) is 9.98 Å². The first-order valence-electron chi connectivity index (χ1n) is 8.17. The molecule has 0 saturated carbocycles. The Balaban J connectivity index is 2.15. The Kier molecular flexibility index (Phi) is 4.21. The molecule has 3 rings (SSSR count). The van der Waals surface area contributed by atoms with Crippen LogP contribution in [0, 0.1) is 6.92 Å². The maximum absolute atomic E-state index is 10.4. The van der Waals surface area contributed by atoms with Gasteiger partial charge in [0.15, 0.2) is 0 Å². The number of fused-ring (bicyclic) bond motifs is 3. The molecule has 0 bridgehead atoms. The first-order valence-corrected chi connectivity index (χ1v) is 8.17. The third kappa shape index (κ3) is 3.14. The van der Waals surface area contributed by atoms with Gasteiger partial charge in [0.1, 0.15) is 0 Å². The van der Waals surface area contributed by atoms with Crippen LogP contribution >= 0.6 is 0 Å². The molecule has 1 aliphatic heterocycles. The lowest BCUT2D eigenvalue weighted by molar-refractivity contribution is 0.0684. The minimum atomic E-state index is -0.766. The summed E-state index contributed by atoms with van der Waals surface area (Å²) in [7, 11) is 0. The average Bonchev–Trinajstić information content (AvgIpc) is 2.83. The summed E-state index contributed by atoms with van der Waals surface area (Å²) in [6, 6.07) is 8.16. The van der Waals surface area contributed by atoms with Crippen LogP contribution in [0.1, 0.15) is 44.4 Å². The summed E-state index contributed by atoms with van der Waals surface area (Å²) in [4.78, 5) is 9.50. The van der Waals surface area contributed by atoms with Gasteiger partial charge in [-0.2, -0.15) is 0 Å². The number of ether oxygens (including phenoxy) is 1. The number of nitrogens with zero attached hydrogens (tertiary/aromatic N) is 2. The van der Waals surface area contributed by atoms with Gasteiger partial charge in [-0.25, -0.2) is 0 Å². The monoisotopic (exact) mass is 312 g/mol. The van der Waals surface area contributed by atoms with E-state index in [1.165, 1.54) is 5.56 Å². The van der Waals surface area contributed by atoms with Crippen LogP contribution in [0.5, 0.6) is 0 Å². The molecule has 1 atom stereocenters. The zero-order chi connectivity index (χ0) is 16.6. The molecule has 2 heterocycles. The number of aliphatic hydroxyl groups is 1. The van der Waals surface area contributed by atoms with E-state index in [1.807, 2.05) is 45.9 Å². The van der Waals surface area contributed by atoms with Crippen LogP contribution in [0.25, 0.3) is 10.9 Å². The van der Waals surface area contributed by atoms with Crippen molar-refractivity contribution in [2.75, 3.05) is 13.2 Å². The van der Waals surface area contributed by atoms with E-state index in [0.717, 1.165) is 28.0 Å². The minimum Gasteiger partial charge on any atom is -0.390 e. The second-order valence-corrected chi connectivity index (χ2v) is 6.79. The zero-order valence-electron chi connectivity index (χ0n) is 14.3. The molecule has 0 radical (unpaired) electrons. The molecular formula is C19H24N2O2. The third-order valence-corrected chi connectivity index (χ3v) is 4.24. The van der Waals surface area contributed by atoms with Crippen molar-refractivity contribution < 1.29 is 9.84 Å². The van der Waals surface area contributed by atoms with Crippen LogP contribution in [0.15, 0.2) is 29.3 Å². The zero-order valence-corrected chi connectivity index (χ0v) is 14.3. The van der Waals surface area contributed by atoms with Crippen LogP contribution < -0.4 is 0 Å². The Morgan fingerprint density at radius 1 is 1.26 bits per heavy atom. The summed E-state index contributed by atoms with van der Waals surface area (Å²) in [6.07, 6.45) is 0.624. The summed E-state index contributed by atoms with van der Waals surface area (Å²) in [5.41, 5.74) is 4.28. The van der Waals surface area contributed by atoms with Gasteiger partial charge >= 0.3 is 0 Å². The number of benzene rings is 1. The number of rotatable bonds is 5. The number of pyridine rings is 1. The lowest BCUT2D eigenvalue weighted by atomic mass is 9.84. The van der Waals surface area contributed by atoms with Gasteiger partial charge < -0.3 is 9.84 Å². The molecule has 0 amide bonds. The van der Waals surface area contributed by atoms with Crippen LogP contribution in [0.2, 0.25) is 0 Å². The van der Waals surface area contributed by atoms with Crippen molar-refractivity contribution in [3.63, 3.8) is 0 Å². The van der Waals surface area contributed by atoms with Gasteiger partial charge in [0.05, 0.1) is 34.8 Å². The van der Waals surface area contributed by atoms with Gasteiger partial charge in [-0.15, -0.1) is 0 Å². The van der Waals surface area contributed by atoms with E-state index < -0.39 is 5.60 Å². The molecular weight excluding hydrogens is 288 g/mol. The lowest BCUT2D eigenvalue weighted by Crippen LogP contribution is -2.27. The number of aryl methyl sites for hydroxylation is 1. The van der Waals surface area contributed by atoms with Crippen molar-refractivity contribution in [2.24, 2.45) is 4.99 Å². The van der Waals surface area contributed by atoms with Crippen molar-refractivity contribution in [3.05, 3.63) is 35.5 Å². The highest BCUT2D eigenvalue weighted by molar-refractivity contribution is 6.05. The van der Waals surface area contributed by atoms with E-state index in [2.05, 4.69) is 11.1 Å². The second-order valence-electron chi connectivity index (χ2n) is 6.79. The van der Waals surface area contributed by atoms with Crippen LogP contribution in [-0.2, 0) is 4.74 Å². The largest absolute Gasteiger partial charge is 0.390 e. The van der Waals surface area contributed by atoms with Gasteiger partial charge in [0, 0.05) is 17.9 Å². The number of aromatic nitrogens is 1. The fourth-order valence-corrected chi connectivity index (χ4v) is 3.30. The molecule has 1 aliphatic rings. The molecule has 1 N–H and O–H groups in total. The van der Waals surface area contributed by atoms with Gasteiger partial charge in [0.2, 0.25) is 0 Å². The molecule has 1 aromatic carbocycles. The number of para-hydroxylation sites is 1. The number of hydrogen-bond acceptors (Lipinski definition) is 4. The smallest absolute Gasteiger partial charge is 0.0887 e. The molecule has 4 heteroatoms. The van der Waals surface area contributed by atoms with Crippen LogP contribution in [-0.4, -0.2) is 34.6 Å². The summed E-state index contributed by atoms with van der Waals surface area (Å²) in [6.45, 7) is 8.83. The molecule has 23 heavy (non-hydrogen) atoms. The second kappa shape index (κ2) is 6.02. The van der Waals surface area contributed by atoms with Crippen molar-refractivity contribution in [2.45, 2.75) is 45.6 Å². The van der Waals surface area contributed by atoms with Crippen molar-refractivity contribution in [1.29, 1.82) is 0 Å². The molecule has 0 saturated heterocycles. The average molecular weight is 312 g/mol. The SMILES string of the molecule is CCOCC1=Nc2c(C)nc3ccccc3c2C1CC(C)(C)O. The Morgan fingerprint density at radius 2 is 2.00 bits per heavy atom. The fraction of sp³-hybridized carbons (Fsp3) is 0.474. The highest BCUT2D eigenvalue weighted by Crippen LogP contribution is 2.44. The van der Waals surface area contributed by atoms with E-state index in [4.69, 9.17) is 9.73 Å².